The molecule has 2 rings (SSSR count). The Labute approximate surface area is 117 Å². The molecule has 2 aromatic rings. The van der Waals surface area contributed by atoms with Crippen LogP contribution in [0.1, 0.15) is 32.5 Å². The molecule has 0 amide bonds. The normalized spacial score (nSPS) is 12.6. The predicted molar refractivity (Wildman–Crippen MR) is 74.0 cm³/mol. The molecule has 0 fully saturated rings. The maximum absolute atomic E-state index is 11.8. The summed E-state index contributed by atoms with van der Waals surface area (Å²) in [6.07, 6.45) is 0.475. The van der Waals surface area contributed by atoms with E-state index in [1.165, 1.54) is 0 Å². The van der Waals surface area contributed by atoms with Gasteiger partial charge in [-0.15, -0.1) is 0 Å². The Balaban J connectivity index is 2.48. The fourth-order valence-electron chi connectivity index (χ4n) is 2.22. The number of benzene rings is 1. The van der Waals surface area contributed by atoms with Crippen LogP contribution in [-0.2, 0) is 9.72 Å². The highest BCUT2D eigenvalue weighted by Gasteiger charge is 2.49. The van der Waals surface area contributed by atoms with Crippen molar-refractivity contribution in [3.8, 4) is 11.5 Å². The van der Waals surface area contributed by atoms with Crippen molar-refractivity contribution in [2.45, 2.75) is 31.8 Å². The minimum Gasteiger partial charge on any atom is -0.334 e. The van der Waals surface area contributed by atoms with Gasteiger partial charge in [-0.2, -0.15) is 4.98 Å². The molecule has 0 unspecified atom stereocenters. The summed E-state index contributed by atoms with van der Waals surface area (Å²) in [7, 11) is -4.39. The molecule has 0 bridgehead atoms. The summed E-state index contributed by atoms with van der Waals surface area (Å²) in [5.74, 6) is 0.329. The van der Waals surface area contributed by atoms with E-state index in [4.69, 9.17) is 4.52 Å². The summed E-state index contributed by atoms with van der Waals surface area (Å²) >= 11 is 0. The maximum Gasteiger partial charge on any atom is 0.339 e. The molecule has 0 radical (unpaired) electrons. The van der Waals surface area contributed by atoms with Gasteiger partial charge in [-0.05, 0) is 25.0 Å². The van der Waals surface area contributed by atoms with E-state index in [-0.39, 0.29) is 24.6 Å². The zero-order valence-corrected chi connectivity index (χ0v) is 12.2. The van der Waals surface area contributed by atoms with Crippen LogP contribution < -0.4 is 0 Å². The molecule has 1 heterocycles. The lowest BCUT2D eigenvalue weighted by atomic mass is 10.0. The highest BCUT2D eigenvalue weighted by molar-refractivity contribution is 7.53. The molecule has 1 aromatic carbocycles. The van der Waals surface area contributed by atoms with Crippen molar-refractivity contribution < 1.29 is 18.9 Å². The van der Waals surface area contributed by atoms with Crippen LogP contribution >= 0.6 is 7.60 Å². The molecule has 0 saturated carbocycles. The molecule has 7 heteroatoms. The first-order chi connectivity index (χ1) is 9.44. The van der Waals surface area contributed by atoms with Gasteiger partial charge in [0.25, 0.3) is 5.89 Å². The summed E-state index contributed by atoms with van der Waals surface area (Å²) in [5, 5.41) is 2.41. The first kappa shape index (κ1) is 14.9. The average Bonchev–Trinajstić information content (AvgIpc) is 2.90. The van der Waals surface area contributed by atoms with Gasteiger partial charge < -0.3 is 14.3 Å². The van der Waals surface area contributed by atoms with Crippen molar-refractivity contribution in [3.05, 3.63) is 36.2 Å². The van der Waals surface area contributed by atoms with E-state index < -0.39 is 12.8 Å². The first-order valence-electron chi connectivity index (χ1n) is 6.40. The van der Waals surface area contributed by atoms with Crippen LogP contribution in [-0.4, -0.2) is 19.9 Å². The zero-order valence-electron chi connectivity index (χ0n) is 11.4. The number of rotatable bonds is 5. The van der Waals surface area contributed by atoms with Gasteiger partial charge >= 0.3 is 7.60 Å². The van der Waals surface area contributed by atoms with E-state index in [0.717, 1.165) is 5.56 Å². The third kappa shape index (κ3) is 2.42. The Hall–Kier alpha value is -1.49. The number of hydrogen-bond donors (Lipinski definition) is 2. The molecule has 6 nitrogen and oxygen atoms in total. The quantitative estimate of drug-likeness (QED) is 0.823. The molecule has 0 saturated heterocycles. The molecule has 108 valence electrons. The summed E-state index contributed by atoms with van der Waals surface area (Å²) in [5.41, 5.74) is 0.720. The number of aromatic nitrogens is 2. The van der Waals surface area contributed by atoms with Crippen molar-refractivity contribution in [1.29, 1.82) is 0 Å². The monoisotopic (exact) mass is 296 g/mol. The fourth-order valence-corrected chi connectivity index (χ4v) is 3.39. The van der Waals surface area contributed by atoms with E-state index in [2.05, 4.69) is 10.1 Å². The standard InChI is InChI=1S/C13H17N2O4P/c1-3-13(4-2,20(16,17)18)12-14-11(19-15-12)10-8-6-5-7-9-10/h5-9H,3-4H2,1-2H3,(H2,16,17,18). The summed E-state index contributed by atoms with van der Waals surface area (Å²) in [6.45, 7) is 3.42. The van der Waals surface area contributed by atoms with Crippen LogP contribution in [0.15, 0.2) is 34.9 Å². The lowest BCUT2D eigenvalue weighted by Crippen LogP contribution is -2.26. The molecule has 0 aliphatic carbocycles. The van der Waals surface area contributed by atoms with Crippen molar-refractivity contribution in [3.63, 3.8) is 0 Å². The van der Waals surface area contributed by atoms with Crippen LogP contribution in [0.2, 0.25) is 0 Å². The largest absolute Gasteiger partial charge is 0.339 e. The van der Waals surface area contributed by atoms with Crippen molar-refractivity contribution in [2.75, 3.05) is 0 Å². The second-order valence-corrected chi connectivity index (χ2v) is 6.52. The highest BCUT2D eigenvalue weighted by atomic mass is 31.2. The highest BCUT2D eigenvalue weighted by Crippen LogP contribution is 2.60. The van der Waals surface area contributed by atoms with Gasteiger partial charge in [0, 0.05) is 5.56 Å². The lowest BCUT2D eigenvalue weighted by molar-refractivity contribution is 0.302. The second kappa shape index (κ2) is 5.48. The van der Waals surface area contributed by atoms with Crippen LogP contribution in [0.3, 0.4) is 0 Å². The van der Waals surface area contributed by atoms with E-state index in [1.807, 2.05) is 18.2 Å². The van der Waals surface area contributed by atoms with Crippen LogP contribution in [0.5, 0.6) is 0 Å². The summed E-state index contributed by atoms with van der Waals surface area (Å²) in [4.78, 5) is 23.5. The van der Waals surface area contributed by atoms with Gasteiger partial charge in [0.2, 0.25) is 0 Å². The Bertz CT molecular complexity index is 616. The minimum absolute atomic E-state index is 0.0645. The third-order valence-electron chi connectivity index (χ3n) is 3.59. The van der Waals surface area contributed by atoms with Gasteiger partial charge in [-0.25, -0.2) is 0 Å². The van der Waals surface area contributed by atoms with Crippen molar-refractivity contribution in [2.24, 2.45) is 0 Å². The van der Waals surface area contributed by atoms with Crippen molar-refractivity contribution >= 4 is 7.60 Å². The molecular weight excluding hydrogens is 279 g/mol. The molecule has 0 spiro atoms. The smallest absolute Gasteiger partial charge is 0.334 e. The first-order valence-corrected chi connectivity index (χ1v) is 8.01. The Morgan fingerprint density at radius 3 is 2.30 bits per heavy atom. The fraction of sp³-hybridized carbons (Fsp3) is 0.385. The molecule has 0 aliphatic heterocycles. The van der Waals surface area contributed by atoms with Gasteiger partial charge in [0.05, 0.1) is 0 Å². The van der Waals surface area contributed by atoms with Crippen LogP contribution in [0.4, 0.5) is 0 Å². The molecule has 2 N–H and O–H groups in total. The van der Waals surface area contributed by atoms with E-state index in [1.54, 1.807) is 26.0 Å². The predicted octanol–water partition coefficient (Wildman–Crippen LogP) is 2.93. The zero-order chi connectivity index (χ0) is 14.8. The molecule has 20 heavy (non-hydrogen) atoms. The third-order valence-corrected chi connectivity index (χ3v) is 5.54. The van der Waals surface area contributed by atoms with Gasteiger partial charge in [-0.1, -0.05) is 37.2 Å². The van der Waals surface area contributed by atoms with Gasteiger partial charge in [-0.3, -0.25) is 4.57 Å². The molecule has 0 atom stereocenters. The second-order valence-electron chi connectivity index (χ2n) is 4.57. The molecular formula is C13H17N2O4P. The Morgan fingerprint density at radius 2 is 1.80 bits per heavy atom. The number of nitrogens with zero attached hydrogens (tertiary/aromatic N) is 2. The van der Waals surface area contributed by atoms with Crippen LogP contribution in [0, 0.1) is 0 Å². The topological polar surface area (TPSA) is 96.5 Å². The van der Waals surface area contributed by atoms with Gasteiger partial charge in [0.1, 0.15) is 5.16 Å². The van der Waals surface area contributed by atoms with E-state index in [0.29, 0.717) is 0 Å². The van der Waals surface area contributed by atoms with Crippen LogP contribution in [0.25, 0.3) is 11.5 Å². The van der Waals surface area contributed by atoms with E-state index >= 15 is 0 Å². The van der Waals surface area contributed by atoms with Gasteiger partial charge in [0.15, 0.2) is 5.82 Å². The number of hydrogen-bond acceptors (Lipinski definition) is 4. The maximum atomic E-state index is 11.8. The minimum atomic E-state index is -4.39. The van der Waals surface area contributed by atoms with Crippen molar-refractivity contribution in [1.82, 2.24) is 10.1 Å². The SMILES string of the molecule is CCC(CC)(c1noc(-c2ccccc2)n1)P(=O)(O)O. The van der Waals surface area contributed by atoms with E-state index in [9.17, 15) is 14.4 Å². The average molecular weight is 296 g/mol. The Morgan fingerprint density at radius 1 is 1.20 bits per heavy atom. The Kier molecular flexibility index (Phi) is 4.09. The molecule has 1 aromatic heterocycles. The molecule has 0 aliphatic rings. The summed E-state index contributed by atoms with van der Waals surface area (Å²) < 4.78 is 17.0. The lowest BCUT2D eigenvalue weighted by Gasteiger charge is -2.28. The summed E-state index contributed by atoms with van der Waals surface area (Å²) in [6, 6.07) is 9.12.